The largest absolute Gasteiger partial charge is 0.375 e. The highest BCUT2D eigenvalue weighted by Gasteiger charge is 2.03. The molecule has 0 radical (unpaired) electrons. The molecule has 0 bridgehead atoms. The Kier molecular flexibility index (Phi) is 2.70. The second-order valence-electron chi connectivity index (χ2n) is 3.46. The van der Waals surface area contributed by atoms with Crippen molar-refractivity contribution in [3.63, 3.8) is 0 Å². The van der Waals surface area contributed by atoms with Crippen molar-refractivity contribution in [1.82, 2.24) is 9.97 Å². The summed E-state index contributed by atoms with van der Waals surface area (Å²) in [4.78, 5) is 8.60. The van der Waals surface area contributed by atoms with Gasteiger partial charge < -0.3 is 5.73 Å². The molecule has 1 aromatic carbocycles. The molecule has 2 aromatic heterocycles. The van der Waals surface area contributed by atoms with Crippen LogP contribution < -0.4 is 5.73 Å². The van der Waals surface area contributed by atoms with Crippen molar-refractivity contribution in [3.05, 3.63) is 42.6 Å². The van der Waals surface area contributed by atoms with Crippen molar-refractivity contribution < 1.29 is 0 Å². The number of fused-ring (bicyclic) bond motifs is 1. The normalized spacial score (nSPS) is 10.8. The van der Waals surface area contributed by atoms with Gasteiger partial charge in [-0.25, -0.2) is 9.97 Å². The van der Waals surface area contributed by atoms with Crippen LogP contribution in [0.15, 0.2) is 51.8 Å². The number of hydrogen-bond acceptors (Lipinski definition) is 5. The van der Waals surface area contributed by atoms with Crippen LogP contribution in [0, 0.1) is 0 Å². The van der Waals surface area contributed by atoms with E-state index >= 15 is 0 Å². The van der Waals surface area contributed by atoms with Crippen molar-refractivity contribution in [2.24, 2.45) is 0 Å². The van der Waals surface area contributed by atoms with Crippen molar-refractivity contribution in [2.75, 3.05) is 5.73 Å². The number of aromatic nitrogens is 2. The van der Waals surface area contributed by atoms with Gasteiger partial charge in [0.2, 0.25) is 0 Å². The molecule has 0 fully saturated rings. The van der Waals surface area contributed by atoms with Crippen LogP contribution in [0.3, 0.4) is 0 Å². The van der Waals surface area contributed by atoms with Gasteiger partial charge in [0.15, 0.2) is 5.13 Å². The predicted octanol–water partition coefficient (Wildman–Crippen LogP) is 3.42. The highest BCUT2D eigenvalue weighted by atomic mass is 32.2. The van der Waals surface area contributed by atoms with Gasteiger partial charge in [-0.1, -0.05) is 47.4 Å². The second kappa shape index (κ2) is 4.35. The maximum Gasteiger partial charge on any atom is 0.181 e. The topological polar surface area (TPSA) is 51.8 Å². The molecule has 0 saturated carbocycles. The fraction of sp³-hybridized carbons (Fsp3) is 0. The van der Waals surface area contributed by atoms with Crippen molar-refractivity contribution in [3.8, 4) is 0 Å². The molecule has 0 aliphatic carbocycles. The number of rotatable bonds is 2. The zero-order valence-corrected chi connectivity index (χ0v) is 10.5. The summed E-state index contributed by atoms with van der Waals surface area (Å²) in [6, 6.07) is 12.2. The maximum atomic E-state index is 5.60. The first-order chi connectivity index (χ1) is 8.31. The first-order valence-electron chi connectivity index (χ1n) is 5.06. The Hall–Kier alpha value is -1.59. The smallest absolute Gasteiger partial charge is 0.181 e. The van der Waals surface area contributed by atoms with E-state index < -0.39 is 0 Å². The molecule has 2 N–H and O–H groups in total. The van der Waals surface area contributed by atoms with Gasteiger partial charge in [-0.2, -0.15) is 0 Å². The lowest BCUT2D eigenvalue weighted by Crippen LogP contribution is -1.81. The quantitative estimate of drug-likeness (QED) is 0.766. The van der Waals surface area contributed by atoms with Gasteiger partial charge in [0, 0.05) is 5.39 Å². The maximum absolute atomic E-state index is 5.60. The molecule has 3 rings (SSSR count). The Morgan fingerprint density at radius 1 is 1.12 bits per heavy atom. The van der Waals surface area contributed by atoms with Gasteiger partial charge in [-0.3, -0.25) is 0 Å². The minimum atomic E-state index is 0.591. The molecular formula is C12H9N3S2. The number of anilines is 1. The summed E-state index contributed by atoms with van der Waals surface area (Å²) >= 11 is 3.07. The zero-order valence-electron chi connectivity index (χ0n) is 8.83. The molecule has 0 spiro atoms. The third-order valence-corrected chi connectivity index (χ3v) is 4.14. The number of thiazole rings is 1. The van der Waals surface area contributed by atoms with Gasteiger partial charge in [-0.05, 0) is 12.1 Å². The van der Waals surface area contributed by atoms with Crippen LogP contribution in [-0.2, 0) is 0 Å². The minimum absolute atomic E-state index is 0.591. The number of hydrogen-bond donors (Lipinski definition) is 1. The van der Waals surface area contributed by atoms with Crippen LogP contribution in [0.2, 0.25) is 0 Å². The fourth-order valence-corrected chi connectivity index (χ4v) is 3.21. The van der Waals surface area contributed by atoms with Crippen LogP contribution in [0.4, 0.5) is 5.13 Å². The Labute approximate surface area is 107 Å². The molecular weight excluding hydrogens is 250 g/mol. The fourth-order valence-electron chi connectivity index (χ4n) is 1.53. The molecule has 5 heteroatoms. The monoisotopic (exact) mass is 259 g/mol. The van der Waals surface area contributed by atoms with Crippen LogP contribution >= 0.6 is 23.1 Å². The van der Waals surface area contributed by atoms with Gasteiger partial charge >= 0.3 is 0 Å². The summed E-state index contributed by atoms with van der Waals surface area (Å²) in [7, 11) is 0. The third-order valence-electron chi connectivity index (χ3n) is 2.28. The summed E-state index contributed by atoms with van der Waals surface area (Å²) in [5.41, 5.74) is 6.61. The lowest BCUT2D eigenvalue weighted by atomic mass is 10.2. The molecule has 0 saturated heterocycles. The van der Waals surface area contributed by atoms with E-state index in [1.54, 1.807) is 18.0 Å². The molecule has 3 nitrogen and oxygen atoms in total. The number of nitrogens with two attached hydrogens (primary N) is 1. The summed E-state index contributed by atoms with van der Waals surface area (Å²) in [5, 5.41) is 2.71. The third kappa shape index (κ3) is 2.25. The van der Waals surface area contributed by atoms with Gasteiger partial charge in [0.1, 0.15) is 5.03 Å². The molecule has 2 heterocycles. The summed E-state index contributed by atoms with van der Waals surface area (Å²) in [6.07, 6.45) is 1.78. The molecule has 17 heavy (non-hydrogen) atoms. The number of para-hydroxylation sites is 1. The second-order valence-corrected chi connectivity index (χ2v) is 5.84. The highest BCUT2D eigenvalue weighted by molar-refractivity contribution is 8.01. The summed E-state index contributed by atoms with van der Waals surface area (Å²) < 4.78 is 1.06. The van der Waals surface area contributed by atoms with E-state index in [0.717, 1.165) is 20.1 Å². The van der Waals surface area contributed by atoms with E-state index in [4.69, 9.17) is 5.73 Å². The standard InChI is InChI=1S/C12H9N3S2/c13-12-14-7-11(17-12)16-10-6-5-8-3-1-2-4-9(8)15-10/h1-7H,(H2,13,14). The number of benzene rings is 1. The Balaban J connectivity index is 1.95. The van der Waals surface area contributed by atoms with Crippen LogP contribution in [0.1, 0.15) is 0 Å². The van der Waals surface area contributed by atoms with Gasteiger partial charge in [0.05, 0.1) is 15.9 Å². The van der Waals surface area contributed by atoms with Gasteiger partial charge in [-0.15, -0.1) is 0 Å². The molecule has 0 atom stereocenters. The van der Waals surface area contributed by atoms with E-state index in [9.17, 15) is 0 Å². The zero-order chi connectivity index (χ0) is 11.7. The van der Waals surface area contributed by atoms with E-state index in [2.05, 4.69) is 22.1 Å². The van der Waals surface area contributed by atoms with Crippen molar-refractivity contribution in [2.45, 2.75) is 9.24 Å². The van der Waals surface area contributed by atoms with Crippen molar-refractivity contribution in [1.29, 1.82) is 0 Å². The lowest BCUT2D eigenvalue weighted by Gasteiger charge is -2.00. The molecule has 0 amide bonds. The summed E-state index contributed by atoms with van der Waals surface area (Å²) in [6.45, 7) is 0. The molecule has 3 aromatic rings. The number of nitrogens with zero attached hydrogens (tertiary/aromatic N) is 2. The Bertz CT molecular complexity index is 663. The Morgan fingerprint density at radius 3 is 2.82 bits per heavy atom. The lowest BCUT2D eigenvalue weighted by molar-refractivity contribution is 1.19. The van der Waals surface area contributed by atoms with Crippen LogP contribution in [0.5, 0.6) is 0 Å². The van der Waals surface area contributed by atoms with Crippen LogP contribution in [-0.4, -0.2) is 9.97 Å². The molecule has 84 valence electrons. The van der Waals surface area contributed by atoms with E-state index in [1.165, 1.54) is 11.3 Å². The van der Waals surface area contributed by atoms with Crippen LogP contribution in [0.25, 0.3) is 10.9 Å². The SMILES string of the molecule is Nc1ncc(Sc2ccc3ccccc3n2)s1. The first kappa shape index (κ1) is 10.6. The Morgan fingerprint density at radius 2 is 2.00 bits per heavy atom. The van der Waals surface area contributed by atoms with E-state index in [-0.39, 0.29) is 0 Å². The molecule has 0 aliphatic heterocycles. The average molecular weight is 259 g/mol. The van der Waals surface area contributed by atoms with Crippen molar-refractivity contribution >= 4 is 39.1 Å². The van der Waals surface area contributed by atoms with E-state index in [1.807, 2.05) is 24.3 Å². The van der Waals surface area contributed by atoms with Gasteiger partial charge in [0.25, 0.3) is 0 Å². The molecule has 0 unspecified atom stereocenters. The predicted molar refractivity (Wildman–Crippen MR) is 72.4 cm³/mol. The minimum Gasteiger partial charge on any atom is -0.375 e. The average Bonchev–Trinajstić information content (AvgIpc) is 2.75. The number of nitrogen functional groups attached to an aromatic ring is 1. The number of pyridine rings is 1. The highest BCUT2D eigenvalue weighted by Crippen LogP contribution is 2.32. The van der Waals surface area contributed by atoms with E-state index in [0.29, 0.717) is 5.13 Å². The first-order valence-corrected chi connectivity index (χ1v) is 6.69. The molecule has 0 aliphatic rings. The summed E-state index contributed by atoms with van der Waals surface area (Å²) in [5.74, 6) is 0.